The number of nitrogens with one attached hydrogen (secondary N) is 2. The first-order valence-corrected chi connectivity index (χ1v) is 4.26. The lowest BCUT2D eigenvalue weighted by molar-refractivity contribution is -0.111. The maximum Gasteiger partial charge on any atom is 0.142 e. The van der Waals surface area contributed by atoms with Gasteiger partial charge in [-0.15, -0.1) is 0 Å². The zero-order valence-electron chi connectivity index (χ0n) is 8.72. The molecule has 1 atom stereocenters. The smallest absolute Gasteiger partial charge is 0.142 e. The van der Waals surface area contributed by atoms with Gasteiger partial charge in [-0.2, -0.15) is 0 Å². The minimum atomic E-state index is -0.198. The molecule has 0 aromatic rings. The fourth-order valence-corrected chi connectivity index (χ4v) is 0.750. The third-order valence-corrected chi connectivity index (χ3v) is 1.78. The van der Waals surface area contributed by atoms with Crippen LogP contribution in [0.15, 0.2) is 11.9 Å². The van der Waals surface area contributed by atoms with E-state index < -0.39 is 0 Å². The van der Waals surface area contributed by atoms with Gasteiger partial charge in [-0.05, 0) is 12.3 Å². The second-order valence-electron chi connectivity index (χ2n) is 4.12. The first-order chi connectivity index (χ1) is 5.91. The van der Waals surface area contributed by atoms with Crippen molar-refractivity contribution in [2.75, 3.05) is 0 Å². The predicted octanol–water partition coefficient (Wildman–Crippen LogP) is 0.514. The third-order valence-electron chi connectivity index (χ3n) is 1.78. The summed E-state index contributed by atoms with van der Waals surface area (Å²) in [6.45, 7) is 7.81. The maximum atomic E-state index is 10.7. The molecule has 0 saturated carbocycles. The standard InChI is InChI=1S/C9H19N3O/c1-7(12-10)5-11-8(6-13)9(2,3)4/h5-6,8,11-12H,10H2,1-4H3/b7-5-. The lowest BCUT2D eigenvalue weighted by Gasteiger charge is -2.26. The van der Waals surface area contributed by atoms with E-state index in [0.717, 1.165) is 12.0 Å². The Morgan fingerprint density at radius 3 is 2.31 bits per heavy atom. The summed E-state index contributed by atoms with van der Waals surface area (Å²) < 4.78 is 0. The molecule has 0 aliphatic heterocycles. The summed E-state index contributed by atoms with van der Waals surface area (Å²) in [6.07, 6.45) is 2.60. The number of hydrogen-bond acceptors (Lipinski definition) is 4. The van der Waals surface area contributed by atoms with E-state index in [-0.39, 0.29) is 11.5 Å². The Bertz CT molecular complexity index is 194. The zero-order chi connectivity index (χ0) is 10.5. The van der Waals surface area contributed by atoms with Gasteiger partial charge in [-0.25, -0.2) is 0 Å². The highest BCUT2D eigenvalue weighted by Crippen LogP contribution is 2.17. The van der Waals surface area contributed by atoms with Crippen molar-refractivity contribution in [3.63, 3.8) is 0 Å². The Kier molecular flexibility index (Phi) is 4.48. The number of hydrazine groups is 1. The van der Waals surface area contributed by atoms with Crippen molar-refractivity contribution in [3.8, 4) is 0 Å². The lowest BCUT2D eigenvalue weighted by atomic mass is 9.88. The number of rotatable bonds is 4. The van der Waals surface area contributed by atoms with Crippen molar-refractivity contribution in [2.24, 2.45) is 11.3 Å². The second-order valence-corrected chi connectivity index (χ2v) is 4.12. The van der Waals surface area contributed by atoms with Crippen molar-refractivity contribution in [1.82, 2.24) is 10.7 Å². The third kappa shape index (κ3) is 4.52. The van der Waals surface area contributed by atoms with Gasteiger partial charge in [0.25, 0.3) is 0 Å². The molecule has 0 heterocycles. The van der Waals surface area contributed by atoms with Crippen LogP contribution in [0.5, 0.6) is 0 Å². The molecule has 0 fully saturated rings. The maximum absolute atomic E-state index is 10.7. The molecule has 0 aliphatic carbocycles. The molecule has 13 heavy (non-hydrogen) atoms. The van der Waals surface area contributed by atoms with Gasteiger partial charge in [0.05, 0.1) is 6.04 Å². The van der Waals surface area contributed by atoms with E-state index in [0.29, 0.717) is 0 Å². The number of hydrogen-bond donors (Lipinski definition) is 3. The first kappa shape index (κ1) is 12.0. The lowest BCUT2D eigenvalue weighted by Crippen LogP contribution is -2.39. The minimum absolute atomic E-state index is 0.0902. The molecule has 0 aromatic carbocycles. The largest absolute Gasteiger partial charge is 0.380 e. The Hall–Kier alpha value is -1.03. The summed E-state index contributed by atoms with van der Waals surface area (Å²) in [5, 5.41) is 2.99. The Morgan fingerprint density at radius 1 is 1.46 bits per heavy atom. The summed E-state index contributed by atoms with van der Waals surface area (Å²) in [6, 6.07) is -0.198. The fourth-order valence-electron chi connectivity index (χ4n) is 0.750. The quantitative estimate of drug-likeness (QED) is 0.339. The number of carbonyl (C=O) groups excluding carboxylic acids is 1. The van der Waals surface area contributed by atoms with Crippen LogP contribution in [0, 0.1) is 5.41 Å². The normalized spacial score (nSPS) is 15.0. The molecule has 0 saturated heterocycles. The van der Waals surface area contributed by atoms with E-state index in [4.69, 9.17) is 5.84 Å². The average molecular weight is 185 g/mol. The fraction of sp³-hybridized carbons (Fsp3) is 0.667. The van der Waals surface area contributed by atoms with Gasteiger partial charge in [0.2, 0.25) is 0 Å². The van der Waals surface area contributed by atoms with Crippen molar-refractivity contribution in [2.45, 2.75) is 33.7 Å². The van der Waals surface area contributed by atoms with Crippen molar-refractivity contribution < 1.29 is 4.79 Å². The number of aldehydes is 1. The summed E-state index contributed by atoms with van der Waals surface area (Å²) in [5.74, 6) is 5.16. The Morgan fingerprint density at radius 2 is 2.00 bits per heavy atom. The molecule has 0 rings (SSSR count). The SMILES string of the molecule is C/C(=C/NC(C=O)C(C)(C)C)NN. The molecule has 0 bridgehead atoms. The minimum Gasteiger partial charge on any atom is -0.380 e. The number of carbonyl (C=O) groups is 1. The molecule has 4 nitrogen and oxygen atoms in total. The number of nitrogens with two attached hydrogens (primary N) is 1. The monoisotopic (exact) mass is 185 g/mol. The Labute approximate surface area is 79.5 Å². The van der Waals surface area contributed by atoms with Crippen LogP contribution in [0.4, 0.5) is 0 Å². The Balaban J connectivity index is 4.23. The van der Waals surface area contributed by atoms with Crippen LogP contribution >= 0.6 is 0 Å². The van der Waals surface area contributed by atoms with Gasteiger partial charge >= 0.3 is 0 Å². The van der Waals surface area contributed by atoms with Gasteiger partial charge in [-0.1, -0.05) is 20.8 Å². The summed E-state index contributed by atoms with van der Waals surface area (Å²) in [4.78, 5) is 10.7. The first-order valence-electron chi connectivity index (χ1n) is 4.26. The highest BCUT2D eigenvalue weighted by Gasteiger charge is 2.22. The van der Waals surface area contributed by atoms with Gasteiger partial charge in [0, 0.05) is 11.9 Å². The van der Waals surface area contributed by atoms with Gasteiger partial charge in [0.1, 0.15) is 6.29 Å². The molecule has 0 aliphatic rings. The van der Waals surface area contributed by atoms with E-state index >= 15 is 0 Å². The van der Waals surface area contributed by atoms with Crippen molar-refractivity contribution in [3.05, 3.63) is 11.9 Å². The van der Waals surface area contributed by atoms with Crippen LogP contribution in [0.1, 0.15) is 27.7 Å². The van der Waals surface area contributed by atoms with Crippen molar-refractivity contribution in [1.29, 1.82) is 0 Å². The molecular weight excluding hydrogens is 166 g/mol. The van der Waals surface area contributed by atoms with Crippen LogP contribution in [-0.2, 0) is 4.79 Å². The molecule has 0 aromatic heterocycles. The van der Waals surface area contributed by atoms with Gasteiger partial charge in [0.15, 0.2) is 0 Å². The second kappa shape index (κ2) is 4.87. The summed E-state index contributed by atoms with van der Waals surface area (Å²) in [5.41, 5.74) is 3.18. The molecule has 4 heteroatoms. The molecule has 76 valence electrons. The predicted molar refractivity (Wildman–Crippen MR) is 53.5 cm³/mol. The number of allylic oxidation sites excluding steroid dienone is 1. The van der Waals surface area contributed by atoms with E-state index in [2.05, 4.69) is 10.7 Å². The van der Waals surface area contributed by atoms with E-state index in [1.165, 1.54) is 0 Å². The molecule has 4 N–H and O–H groups in total. The average Bonchev–Trinajstić information content (AvgIpc) is 2.02. The molecule has 1 unspecified atom stereocenters. The van der Waals surface area contributed by atoms with Crippen LogP contribution in [0.3, 0.4) is 0 Å². The van der Waals surface area contributed by atoms with Crippen LogP contribution in [0.2, 0.25) is 0 Å². The van der Waals surface area contributed by atoms with E-state index in [1.54, 1.807) is 6.20 Å². The summed E-state index contributed by atoms with van der Waals surface area (Å²) in [7, 11) is 0. The van der Waals surface area contributed by atoms with Crippen molar-refractivity contribution >= 4 is 6.29 Å². The molecule has 0 radical (unpaired) electrons. The zero-order valence-corrected chi connectivity index (χ0v) is 8.72. The molecule has 0 amide bonds. The van der Waals surface area contributed by atoms with Crippen LogP contribution in [-0.4, -0.2) is 12.3 Å². The van der Waals surface area contributed by atoms with E-state index in [1.807, 2.05) is 27.7 Å². The highest BCUT2D eigenvalue weighted by atomic mass is 16.1. The molecular formula is C9H19N3O. The van der Waals surface area contributed by atoms with E-state index in [9.17, 15) is 4.79 Å². The van der Waals surface area contributed by atoms with Gasteiger partial charge in [-0.3, -0.25) is 5.84 Å². The van der Waals surface area contributed by atoms with Crippen LogP contribution in [0.25, 0.3) is 0 Å². The summed E-state index contributed by atoms with van der Waals surface area (Å²) >= 11 is 0. The highest BCUT2D eigenvalue weighted by molar-refractivity contribution is 5.59. The van der Waals surface area contributed by atoms with Crippen LogP contribution < -0.4 is 16.6 Å². The van der Waals surface area contributed by atoms with Gasteiger partial charge < -0.3 is 15.5 Å². The topological polar surface area (TPSA) is 67.2 Å². The molecule has 0 spiro atoms.